The topological polar surface area (TPSA) is 42.9 Å². The Morgan fingerprint density at radius 2 is 1.96 bits per heavy atom. The normalized spacial score (nSPS) is 21.2. The number of anilines is 1. The summed E-state index contributed by atoms with van der Waals surface area (Å²) in [7, 11) is 2.23. The Bertz CT molecular complexity index is 528. The Hall–Kier alpha value is -1.27. The second-order valence-corrected chi connectivity index (χ2v) is 8.58. The van der Waals surface area contributed by atoms with E-state index in [4.69, 9.17) is 4.99 Å². The molecule has 0 aliphatic carbocycles. The number of guanidine groups is 1. The van der Waals surface area contributed by atoms with Crippen LogP contribution in [0.15, 0.2) is 22.5 Å². The molecule has 3 rings (SSSR count). The van der Waals surface area contributed by atoms with Crippen LogP contribution in [0.25, 0.3) is 0 Å². The van der Waals surface area contributed by atoms with Crippen molar-refractivity contribution >= 4 is 22.3 Å². The molecule has 0 amide bonds. The summed E-state index contributed by atoms with van der Waals surface area (Å²) in [4.78, 5) is 9.80. The van der Waals surface area contributed by atoms with E-state index in [2.05, 4.69) is 51.9 Å². The predicted molar refractivity (Wildman–Crippen MR) is 114 cm³/mol. The van der Waals surface area contributed by atoms with E-state index in [9.17, 15) is 0 Å². The molecule has 146 valence electrons. The summed E-state index contributed by atoms with van der Waals surface area (Å²) in [5.41, 5.74) is 0. The van der Waals surface area contributed by atoms with E-state index in [1.54, 1.807) is 0 Å². The van der Waals surface area contributed by atoms with Gasteiger partial charge in [0.25, 0.3) is 0 Å². The van der Waals surface area contributed by atoms with E-state index < -0.39 is 0 Å². The molecular weight excluding hydrogens is 342 g/mol. The Balaban J connectivity index is 1.41. The van der Waals surface area contributed by atoms with E-state index in [1.807, 2.05) is 11.3 Å². The fourth-order valence-electron chi connectivity index (χ4n) is 3.92. The van der Waals surface area contributed by atoms with Crippen molar-refractivity contribution in [3.8, 4) is 0 Å². The highest BCUT2D eigenvalue weighted by Crippen LogP contribution is 2.24. The quantitative estimate of drug-likeness (QED) is 0.591. The van der Waals surface area contributed by atoms with Gasteiger partial charge in [0, 0.05) is 32.2 Å². The van der Waals surface area contributed by atoms with Gasteiger partial charge < -0.3 is 20.4 Å². The smallest absolute Gasteiger partial charge is 0.191 e. The molecule has 1 aromatic rings. The molecule has 0 spiro atoms. The first kappa shape index (κ1) is 19.5. The van der Waals surface area contributed by atoms with Gasteiger partial charge in [0.05, 0.1) is 5.00 Å². The maximum absolute atomic E-state index is 4.86. The number of piperidine rings is 2. The molecule has 2 N–H and O–H groups in total. The average Bonchev–Trinajstić information content (AvgIpc) is 3.19. The minimum atomic E-state index is 0.535. The molecule has 0 radical (unpaired) electrons. The van der Waals surface area contributed by atoms with Crippen LogP contribution in [-0.4, -0.2) is 63.2 Å². The second kappa shape index (κ2) is 10.2. The fourth-order valence-corrected chi connectivity index (χ4v) is 4.70. The molecule has 2 aliphatic rings. The third kappa shape index (κ3) is 5.88. The van der Waals surface area contributed by atoms with Crippen LogP contribution in [0.5, 0.6) is 0 Å². The van der Waals surface area contributed by atoms with Crippen LogP contribution in [-0.2, 0) is 0 Å². The van der Waals surface area contributed by atoms with Crippen molar-refractivity contribution < 1.29 is 0 Å². The fraction of sp³-hybridized carbons (Fsp3) is 0.750. The van der Waals surface area contributed by atoms with Gasteiger partial charge in [0.2, 0.25) is 0 Å². The van der Waals surface area contributed by atoms with Crippen LogP contribution in [0.4, 0.5) is 5.00 Å². The number of aliphatic imine (C=N–C) groups is 1. The van der Waals surface area contributed by atoms with Gasteiger partial charge in [-0.05, 0) is 82.6 Å². The molecule has 2 fully saturated rings. The lowest BCUT2D eigenvalue weighted by Gasteiger charge is -2.33. The summed E-state index contributed by atoms with van der Waals surface area (Å²) in [6.45, 7) is 8.77. The van der Waals surface area contributed by atoms with Gasteiger partial charge in [-0.1, -0.05) is 0 Å². The highest BCUT2D eigenvalue weighted by Gasteiger charge is 2.21. The van der Waals surface area contributed by atoms with E-state index in [-0.39, 0.29) is 0 Å². The third-order valence-electron chi connectivity index (χ3n) is 5.64. The second-order valence-electron chi connectivity index (χ2n) is 7.65. The van der Waals surface area contributed by atoms with Gasteiger partial charge in [-0.25, -0.2) is 0 Å². The summed E-state index contributed by atoms with van der Waals surface area (Å²) >= 11 is 1.84. The lowest BCUT2D eigenvalue weighted by molar-refractivity contribution is 0.214. The van der Waals surface area contributed by atoms with Crippen molar-refractivity contribution in [1.82, 2.24) is 15.5 Å². The lowest BCUT2D eigenvalue weighted by atomic mass is 9.94. The van der Waals surface area contributed by atoms with Gasteiger partial charge in [-0.3, -0.25) is 4.99 Å². The molecule has 0 unspecified atom stereocenters. The molecule has 0 atom stereocenters. The molecular formula is C20H35N5S. The molecule has 0 aromatic carbocycles. The van der Waals surface area contributed by atoms with Crippen LogP contribution >= 0.6 is 11.3 Å². The molecule has 3 heterocycles. The number of thiophene rings is 1. The molecule has 1 aromatic heterocycles. The van der Waals surface area contributed by atoms with Crippen molar-refractivity contribution in [2.24, 2.45) is 10.9 Å². The summed E-state index contributed by atoms with van der Waals surface area (Å²) in [5, 5.41) is 10.7. The molecule has 5 nitrogen and oxygen atoms in total. The lowest BCUT2D eigenvalue weighted by Crippen LogP contribution is -2.48. The van der Waals surface area contributed by atoms with Crippen molar-refractivity contribution in [1.29, 1.82) is 0 Å². The van der Waals surface area contributed by atoms with Crippen LogP contribution in [0, 0.1) is 5.92 Å². The van der Waals surface area contributed by atoms with E-state index in [1.165, 1.54) is 50.2 Å². The maximum Gasteiger partial charge on any atom is 0.191 e. The zero-order valence-corrected chi connectivity index (χ0v) is 17.2. The molecule has 2 aliphatic heterocycles. The number of nitrogens with zero attached hydrogens (tertiary/aromatic N) is 3. The first-order valence-electron chi connectivity index (χ1n) is 10.3. The average molecular weight is 378 g/mol. The third-order valence-corrected chi connectivity index (χ3v) is 6.57. The summed E-state index contributed by atoms with van der Waals surface area (Å²) < 4.78 is 0. The van der Waals surface area contributed by atoms with Crippen molar-refractivity contribution in [3.63, 3.8) is 0 Å². The molecule has 0 bridgehead atoms. The Morgan fingerprint density at radius 1 is 1.19 bits per heavy atom. The highest BCUT2D eigenvalue weighted by atomic mass is 32.1. The van der Waals surface area contributed by atoms with Crippen molar-refractivity contribution in [3.05, 3.63) is 17.5 Å². The predicted octanol–water partition coefficient (Wildman–Crippen LogP) is 3.00. The van der Waals surface area contributed by atoms with Gasteiger partial charge >= 0.3 is 0 Å². The zero-order chi connectivity index (χ0) is 18.2. The van der Waals surface area contributed by atoms with Crippen molar-refractivity contribution in [2.45, 2.75) is 45.1 Å². The van der Waals surface area contributed by atoms with Crippen LogP contribution < -0.4 is 15.5 Å². The number of nitrogens with one attached hydrogen (secondary N) is 2. The maximum atomic E-state index is 4.86. The summed E-state index contributed by atoms with van der Waals surface area (Å²) in [6, 6.07) is 4.91. The van der Waals surface area contributed by atoms with Gasteiger partial charge in [0.1, 0.15) is 0 Å². The Kier molecular flexibility index (Phi) is 7.62. The minimum absolute atomic E-state index is 0.535. The number of likely N-dealkylation sites (tertiary alicyclic amines) is 1. The number of rotatable bonds is 6. The van der Waals surface area contributed by atoms with E-state index in [0.29, 0.717) is 6.04 Å². The van der Waals surface area contributed by atoms with Gasteiger partial charge in [0.15, 0.2) is 5.96 Å². The molecule has 26 heavy (non-hydrogen) atoms. The number of hydrogen-bond acceptors (Lipinski definition) is 4. The Morgan fingerprint density at radius 3 is 2.62 bits per heavy atom. The van der Waals surface area contributed by atoms with Crippen molar-refractivity contribution in [2.75, 3.05) is 51.2 Å². The first-order chi connectivity index (χ1) is 12.7. The van der Waals surface area contributed by atoms with Crippen LogP contribution in [0.1, 0.15) is 39.0 Å². The van der Waals surface area contributed by atoms with Crippen LogP contribution in [0.2, 0.25) is 0 Å². The minimum Gasteiger partial charge on any atom is -0.363 e. The van der Waals surface area contributed by atoms with Crippen LogP contribution in [0.3, 0.4) is 0 Å². The monoisotopic (exact) mass is 377 g/mol. The van der Waals surface area contributed by atoms with E-state index >= 15 is 0 Å². The van der Waals surface area contributed by atoms with Gasteiger partial charge in [-0.2, -0.15) is 0 Å². The largest absolute Gasteiger partial charge is 0.363 e. The summed E-state index contributed by atoms with van der Waals surface area (Å²) in [6.07, 6.45) is 6.24. The molecule has 6 heteroatoms. The highest BCUT2D eigenvalue weighted by molar-refractivity contribution is 7.14. The van der Waals surface area contributed by atoms with Gasteiger partial charge in [-0.15, -0.1) is 11.3 Å². The standard InChI is InChI=1S/C20H35N5S/c1-3-21-20(22-11-6-17-7-12-24(2)13-8-17)23-18-9-14-25(15-10-18)19-5-4-16-26-19/h4-5,16-18H,3,6-15H2,1-2H3,(H2,21,22,23). The summed E-state index contributed by atoms with van der Waals surface area (Å²) in [5.74, 6) is 1.86. The molecule has 0 saturated carbocycles. The Labute approximate surface area is 162 Å². The number of hydrogen-bond donors (Lipinski definition) is 2. The molecule has 2 saturated heterocycles. The zero-order valence-electron chi connectivity index (χ0n) is 16.4. The first-order valence-corrected chi connectivity index (χ1v) is 11.1. The SMILES string of the molecule is CCNC(=NCCC1CCN(C)CC1)NC1CCN(c2cccs2)CC1. The van der Waals surface area contributed by atoms with E-state index in [0.717, 1.165) is 38.1 Å².